The predicted octanol–water partition coefficient (Wildman–Crippen LogP) is 0.569. The minimum atomic E-state index is -0.763. The van der Waals surface area contributed by atoms with Gasteiger partial charge in [-0.05, 0) is 12.0 Å². The molecule has 1 aliphatic rings. The number of benzene rings is 1. The van der Waals surface area contributed by atoms with Gasteiger partial charge in [0.25, 0.3) is 0 Å². The van der Waals surface area contributed by atoms with Gasteiger partial charge < -0.3 is 15.2 Å². The first-order valence-corrected chi connectivity index (χ1v) is 7.59. The summed E-state index contributed by atoms with van der Waals surface area (Å²) in [4.78, 5) is 13.8. The van der Waals surface area contributed by atoms with E-state index in [0.717, 1.165) is 5.56 Å². The zero-order valence-corrected chi connectivity index (χ0v) is 12.3. The Labute approximate surface area is 122 Å². The summed E-state index contributed by atoms with van der Waals surface area (Å²) in [7, 11) is 0. The molecule has 1 fully saturated rings. The van der Waals surface area contributed by atoms with Crippen molar-refractivity contribution in [3.8, 4) is 0 Å². The molecule has 1 amide bonds. The highest BCUT2D eigenvalue weighted by atomic mass is 35.5. The number of halogens is 1. The fraction of sp³-hybridized carbons (Fsp3) is 0.462. The van der Waals surface area contributed by atoms with Crippen LogP contribution < -0.4 is 5.73 Å². The van der Waals surface area contributed by atoms with Gasteiger partial charge in [-0.1, -0.05) is 41.5 Å². The van der Waals surface area contributed by atoms with E-state index in [9.17, 15) is 9.35 Å². The maximum absolute atomic E-state index is 12.1. The molecule has 0 aromatic heterocycles. The third-order valence-electron chi connectivity index (χ3n) is 3.11. The lowest BCUT2D eigenvalue weighted by Gasteiger charge is -2.30. The van der Waals surface area contributed by atoms with Crippen molar-refractivity contribution in [3.63, 3.8) is 0 Å². The van der Waals surface area contributed by atoms with Crippen LogP contribution in [0.2, 0.25) is 0 Å². The average Bonchev–Trinajstić information content (AvgIpc) is 2.40. The van der Waals surface area contributed by atoms with E-state index < -0.39 is 17.2 Å². The lowest BCUT2D eigenvalue weighted by atomic mass is 10.1. The van der Waals surface area contributed by atoms with Gasteiger partial charge in [0.15, 0.2) is 0 Å². The van der Waals surface area contributed by atoms with Gasteiger partial charge >= 0.3 is 0 Å². The zero-order chi connectivity index (χ0) is 13.0. The van der Waals surface area contributed by atoms with Gasteiger partial charge in [-0.3, -0.25) is 4.79 Å². The van der Waals surface area contributed by atoms with E-state index in [1.807, 2.05) is 30.3 Å². The number of nitrogens with zero attached hydrogens (tertiary/aromatic N) is 1. The van der Waals surface area contributed by atoms with Crippen LogP contribution in [0.15, 0.2) is 30.3 Å². The Kier molecular flexibility index (Phi) is 6.65. The topological polar surface area (TPSA) is 69.4 Å². The second kappa shape index (κ2) is 7.75. The standard InChI is InChI=1S/C13H18N2O2S.ClH/c14-12(10-11-4-2-1-3-5-11)13(16)15-6-8-18(17)9-7-15;/h1-5,12H,6-10,14H2;1H. The van der Waals surface area contributed by atoms with Crippen LogP contribution in [-0.2, 0) is 22.4 Å². The Bertz CT molecular complexity index is 397. The fourth-order valence-electron chi connectivity index (χ4n) is 2.05. The Morgan fingerprint density at radius 1 is 1.32 bits per heavy atom. The average molecular weight is 303 g/mol. The van der Waals surface area contributed by atoms with E-state index in [2.05, 4.69) is 0 Å². The SMILES string of the molecule is Cl.NC(Cc1ccccc1)C(=O)N1CC[S+]([O-])CC1. The van der Waals surface area contributed by atoms with Crippen molar-refractivity contribution in [2.75, 3.05) is 24.6 Å². The Balaban J connectivity index is 0.00000180. The summed E-state index contributed by atoms with van der Waals surface area (Å²) in [5.41, 5.74) is 7.02. The number of rotatable bonds is 3. The Morgan fingerprint density at radius 2 is 1.89 bits per heavy atom. The van der Waals surface area contributed by atoms with E-state index in [1.54, 1.807) is 4.90 Å². The van der Waals surface area contributed by atoms with Crippen LogP contribution in [0.1, 0.15) is 5.56 Å². The molecular formula is C13H19ClN2O2S. The minimum Gasteiger partial charge on any atom is -0.616 e. The molecule has 1 heterocycles. The molecule has 0 aliphatic carbocycles. The summed E-state index contributed by atoms with van der Waals surface area (Å²) in [6.45, 7) is 1.13. The van der Waals surface area contributed by atoms with Crippen LogP contribution in [0.4, 0.5) is 0 Å². The zero-order valence-electron chi connectivity index (χ0n) is 10.7. The van der Waals surface area contributed by atoms with Gasteiger partial charge in [0.2, 0.25) is 5.91 Å². The fourth-order valence-corrected chi connectivity index (χ4v) is 3.10. The van der Waals surface area contributed by atoms with Crippen molar-refractivity contribution in [2.24, 2.45) is 5.73 Å². The molecule has 19 heavy (non-hydrogen) atoms. The first-order chi connectivity index (χ1) is 8.66. The van der Waals surface area contributed by atoms with Crippen molar-refractivity contribution in [3.05, 3.63) is 35.9 Å². The van der Waals surface area contributed by atoms with Crippen molar-refractivity contribution in [1.29, 1.82) is 0 Å². The van der Waals surface area contributed by atoms with Gasteiger partial charge in [0, 0.05) is 0 Å². The molecule has 106 valence electrons. The van der Waals surface area contributed by atoms with Gasteiger partial charge in [-0.2, -0.15) is 0 Å². The van der Waals surface area contributed by atoms with Crippen LogP contribution in [0, 0.1) is 0 Å². The maximum atomic E-state index is 12.1. The monoisotopic (exact) mass is 302 g/mol. The highest BCUT2D eigenvalue weighted by molar-refractivity contribution is 7.91. The van der Waals surface area contributed by atoms with E-state index in [0.29, 0.717) is 31.0 Å². The van der Waals surface area contributed by atoms with Crippen LogP contribution >= 0.6 is 12.4 Å². The minimum absolute atomic E-state index is 0. The summed E-state index contributed by atoms with van der Waals surface area (Å²) in [6, 6.07) is 9.26. The quantitative estimate of drug-likeness (QED) is 0.830. The molecule has 2 rings (SSSR count). The molecular weight excluding hydrogens is 284 g/mol. The molecule has 1 atom stereocenters. The number of hydrogen-bond acceptors (Lipinski definition) is 3. The van der Waals surface area contributed by atoms with E-state index >= 15 is 0 Å². The lowest BCUT2D eigenvalue weighted by Crippen LogP contribution is -2.50. The highest BCUT2D eigenvalue weighted by Crippen LogP contribution is 2.08. The largest absolute Gasteiger partial charge is 0.616 e. The smallest absolute Gasteiger partial charge is 0.240 e. The molecule has 4 nitrogen and oxygen atoms in total. The Morgan fingerprint density at radius 3 is 2.47 bits per heavy atom. The van der Waals surface area contributed by atoms with Gasteiger partial charge in [0.05, 0.1) is 19.1 Å². The molecule has 2 N–H and O–H groups in total. The third-order valence-corrected chi connectivity index (χ3v) is 4.38. The van der Waals surface area contributed by atoms with Crippen molar-refractivity contribution in [1.82, 2.24) is 4.90 Å². The third kappa shape index (κ3) is 4.69. The van der Waals surface area contributed by atoms with Crippen LogP contribution in [0.5, 0.6) is 0 Å². The van der Waals surface area contributed by atoms with Crippen LogP contribution in [0.25, 0.3) is 0 Å². The molecule has 1 aliphatic heterocycles. The van der Waals surface area contributed by atoms with E-state index in [4.69, 9.17) is 5.73 Å². The summed E-state index contributed by atoms with van der Waals surface area (Å²) in [5, 5.41) is 0. The second-order valence-electron chi connectivity index (χ2n) is 4.47. The molecule has 0 saturated carbocycles. The van der Waals surface area contributed by atoms with Crippen molar-refractivity contribution >= 4 is 29.5 Å². The highest BCUT2D eigenvalue weighted by Gasteiger charge is 2.27. The van der Waals surface area contributed by atoms with Crippen LogP contribution in [0.3, 0.4) is 0 Å². The van der Waals surface area contributed by atoms with Crippen molar-refractivity contribution < 1.29 is 9.35 Å². The number of nitrogens with two attached hydrogens (primary N) is 1. The van der Waals surface area contributed by atoms with Gasteiger partial charge in [-0.25, -0.2) is 0 Å². The summed E-state index contributed by atoms with van der Waals surface area (Å²) < 4.78 is 11.2. The number of amides is 1. The summed E-state index contributed by atoms with van der Waals surface area (Å²) >= 11 is -0.763. The maximum Gasteiger partial charge on any atom is 0.240 e. The number of carbonyl (C=O) groups is 1. The number of hydrogen-bond donors (Lipinski definition) is 1. The second-order valence-corrected chi connectivity index (χ2v) is 6.17. The molecule has 1 aromatic rings. The molecule has 1 unspecified atom stereocenters. The molecule has 1 aromatic carbocycles. The predicted molar refractivity (Wildman–Crippen MR) is 79.8 cm³/mol. The van der Waals surface area contributed by atoms with Gasteiger partial charge in [0.1, 0.15) is 11.5 Å². The summed E-state index contributed by atoms with van der Waals surface area (Å²) in [5.74, 6) is 1.11. The van der Waals surface area contributed by atoms with Crippen LogP contribution in [-0.4, -0.2) is 46.0 Å². The first kappa shape index (κ1) is 16.3. The Hall–Kier alpha value is -0.750. The summed E-state index contributed by atoms with van der Waals surface area (Å²) in [6.07, 6.45) is 0.555. The molecule has 0 bridgehead atoms. The van der Waals surface area contributed by atoms with E-state index in [1.165, 1.54) is 0 Å². The van der Waals surface area contributed by atoms with E-state index in [-0.39, 0.29) is 18.3 Å². The lowest BCUT2D eigenvalue weighted by molar-refractivity contribution is -0.132. The molecule has 6 heteroatoms. The molecule has 0 radical (unpaired) electrons. The number of carbonyl (C=O) groups excluding carboxylic acids is 1. The normalized spacial score (nSPS) is 17.7. The first-order valence-electron chi connectivity index (χ1n) is 6.10. The molecule has 0 spiro atoms. The van der Waals surface area contributed by atoms with Crippen molar-refractivity contribution in [2.45, 2.75) is 12.5 Å². The molecule has 1 saturated heterocycles. The van der Waals surface area contributed by atoms with Gasteiger partial charge in [-0.15, -0.1) is 12.4 Å².